The van der Waals surface area contributed by atoms with Crippen molar-refractivity contribution in [1.82, 2.24) is 4.90 Å². The van der Waals surface area contributed by atoms with Gasteiger partial charge < -0.3 is 4.90 Å². The van der Waals surface area contributed by atoms with Gasteiger partial charge in [0, 0.05) is 24.2 Å². The second kappa shape index (κ2) is 5.45. The molecule has 2 nitrogen and oxygen atoms in total. The standard InChI is InChI=1S/C13H16FNO/c1-4-10-7-8-11(9-12(10)14)13(16)15(5-2)6-3/h4,7-9H,1,5-6H2,2-3H3. The predicted octanol–water partition coefficient (Wildman–Crippen LogP) is 2.95. The number of amides is 1. The highest BCUT2D eigenvalue weighted by molar-refractivity contribution is 5.94. The van der Waals surface area contributed by atoms with Crippen molar-refractivity contribution < 1.29 is 9.18 Å². The monoisotopic (exact) mass is 221 g/mol. The average Bonchev–Trinajstić information content (AvgIpc) is 2.30. The summed E-state index contributed by atoms with van der Waals surface area (Å²) in [4.78, 5) is 13.5. The van der Waals surface area contributed by atoms with Crippen molar-refractivity contribution >= 4 is 12.0 Å². The zero-order chi connectivity index (χ0) is 12.1. The fourth-order valence-corrected chi connectivity index (χ4v) is 1.52. The third kappa shape index (κ3) is 2.48. The maximum atomic E-state index is 13.4. The second-order valence-corrected chi connectivity index (χ2v) is 3.42. The molecule has 0 aliphatic heterocycles. The lowest BCUT2D eigenvalue weighted by molar-refractivity contribution is 0.0772. The normalized spacial score (nSPS) is 9.94. The molecule has 1 aromatic rings. The van der Waals surface area contributed by atoms with Gasteiger partial charge in [0.2, 0.25) is 0 Å². The third-order valence-electron chi connectivity index (χ3n) is 2.52. The Labute approximate surface area is 95.4 Å². The van der Waals surface area contributed by atoms with Crippen LogP contribution in [0.15, 0.2) is 24.8 Å². The van der Waals surface area contributed by atoms with Gasteiger partial charge in [-0.25, -0.2) is 4.39 Å². The van der Waals surface area contributed by atoms with Gasteiger partial charge in [-0.1, -0.05) is 18.7 Å². The summed E-state index contributed by atoms with van der Waals surface area (Å²) >= 11 is 0. The Hall–Kier alpha value is -1.64. The van der Waals surface area contributed by atoms with Crippen LogP contribution in [0.3, 0.4) is 0 Å². The molecular formula is C13H16FNO. The SMILES string of the molecule is C=Cc1ccc(C(=O)N(CC)CC)cc1F. The molecule has 0 bridgehead atoms. The Morgan fingerprint density at radius 3 is 2.50 bits per heavy atom. The molecule has 0 aliphatic carbocycles. The van der Waals surface area contributed by atoms with E-state index < -0.39 is 5.82 Å². The Balaban J connectivity index is 3.01. The van der Waals surface area contributed by atoms with E-state index in [2.05, 4.69) is 6.58 Å². The molecule has 0 saturated carbocycles. The highest BCUT2D eigenvalue weighted by Crippen LogP contribution is 2.13. The van der Waals surface area contributed by atoms with Crippen LogP contribution in [0.4, 0.5) is 4.39 Å². The van der Waals surface area contributed by atoms with E-state index >= 15 is 0 Å². The highest BCUT2D eigenvalue weighted by Gasteiger charge is 2.13. The average molecular weight is 221 g/mol. The first-order valence-corrected chi connectivity index (χ1v) is 5.35. The predicted molar refractivity (Wildman–Crippen MR) is 63.7 cm³/mol. The van der Waals surface area contributed by atoms with Gasteiger partial charge in [-0.3, -0.25) is 4.79 Å². The van der Waals surface area contributed by atoms with E-state index in [1.807, 2.05) is 13.8 Å². The first-order valence-electron chi connectivity index (χ1n) is 5.35. The molecule has 3 heteroatoms. The number of hydrogen-bond donors (Lipinski definition) is 0. The van der Waals surface area contributed by atoms with Crippen molar-refractivity contribution in [2.24, 2.45) is 0 Å². The Bertz CT molecular complexity index is 397. The minimum atomic E-state index is -0.409. The zero-order valence-corrected chi connectivity index (χ0v) is 9.66. The largest absolute Gasteiger partial charge is 0.339 e. The Morgan fingerprint density at radius 1 is 1.44 bits per heavy atom. The van der Waals surface area contributed by atoms with Gasteiger partial charge in [-0.2, -0.15) is 0 Å². The number of carbonyl (C=O) groups excluding carboxylic acids is 1. The van der Waals surface area contributed by atoms with Crippen LogP contribution in [0.2, 0.25) is 0 Å². The van der Waals surface area contributed by atoms with Crippen LogP contribution in [0, 0.1) is 5.82 Å². The van der Waals surface area contributed by atoms with Crippen molar-refractivity contribution in [1.29, 1.82) is 0 Å². The number of rotatable bonds is 4. The third-order valence-corrected chi connectivity index (χ3v) is 2.52. The summed E-state index contributed by atoms with van der Waals surface area (Å²) in [5.74, 6) is -0.549. The van der Waals surface area contributed by atoms with Crippen molar-refractivity contribution in [3.8, 4) is 0 Å². The molecular weight excluding hydrogens is 205 g/mol. The summed E-state index contributed by atoms with van der Waals surface area (Å²) < 4.78 is 13.4. The van der Waals surface area contributed by atoms with Gasteiger partial charge in [-0.15, -0.1) is 0 Å². The molecule has 86 valence electrons. The van der Waals surface area contributed by atoms with E-state index in [-0.39, 0.29) is 5.91 Å². The van der Waals surface area contributed by atoms with Crippen molar-refractivity contribution in [2.45, 2.75) is 13.8 Å². The maximum absolute atomic E-state index is 13.4. The highest BCUT2D eigenvalue weighted by atomic mass is 19.1. The molecule has 1 aromatic carbocycles. The molecule has 1 rings (SSSR count). The molecule has 16 heavy (non-hydrogen) atoms. The maximum Gasteiger partial charge on any atom is 0.253 e. The van der Waals surface area contributed by atoms with Crippen LogP contribution in [0.25, 0.3) is 6.08 Å². The molecule has 0 radical (unpaired) electrons. The van der Waals surface area contributed by atoms with Gasteiger partial charge >= 0.3 is 0 Å². The molecule has 0 fully saturated rings. The van der Waals surface area contributed by atoms with Gasteiger partial charge in [-0.05, 0) is 26.0 Å². The van der Waals surface area contributed by atoms with E-state index in [0.717, 1.165) is 0 Å². The zero-order valence-electron chi connectivity index (χ0n) is 9.66. The quantitative estimate of drug-likeness (QED) is 0.765. The minimum Gasteiger partial charge on any atom is -0.339 e. The Morgan fingerprint density at radius 2 is 2.06 bits per heavy atom. The fraction of sp³-hybridized carbons (Fsp3) is 0.308. The number of carbonyl (C=O) groups is 1. The van der Waals surface area contributed by atoms with Gasteiger partial charge in [0.1, 0.15) is 5.82 Å². The van der Waals surface area contributed by atoms with Gasteiger partial charge in [0.15, 0.2) is 0 Å². The van der Waals surface area contributed by atoms with Crippen molar-refractivity contribution in [3.63, 3.8) is 0 Å². The molecule has 0 aliphatic rings. The van der Waals surface area contributed by atoms with E-state index in [0.29, 0.717) is 24.2 Å². The summed E-state index contributed by atoms with van der Waals surface area (Å²) in [6.45, 7) is 8.55. The molecule has 1 amide bonds. The van der Waals surface area contributed by atoms with Crippen LogP contribution in [-0.4, -0.2) is 23.9 Å². The summed E-state index contributed by atoms with van der Waals surface area (Å²) in [5.41, 5.74) is 0.794. The van der Waals surface area contributed by atoms with Crippen LogP contribution in [-0.2, 0) is 0 Å². The summed E-state index contributed by atoms with van der Waals surface area (Å²) in [6.07, 6.45) is 1.43. The molecule has 0 saturated heterocycles. The lowest BCUT2D eigenvalue weighted by Crippen LogP contribution is -2.30. The first kappa shape index (κ1) is 12.4. The first-order chi connectivity index (χ1) is 7.63. The van der Waals surface area contributed by atoms with E-state index in [1.54, 1.807) is 17.0 Å². The van der Waals surface area contributed by atoms with Gasteiger partial charge in [0.05, 0.1) is 0 Å². The number of hydrogen-bond acceptors (Lipinski definition) is 1. The van der Waals surface area contributed by atoms with Crippen molar-refractivity contribution in [2.75, 3.05) is 13.1 Å². The molecule has 0 N–H and O–H groups in total. The lowest BCUT2D eigenvalue weighted by atomic mass is 10.1. The topological polar surface area (TPSA) is 20.3 Å². The molecule has 0 heterocycles. The molecule has 0 unspecified atom stereocenters. The van der Waals surface area contributed by atoms with Crippen LogP contribution < -0.4 is 0 Å². The Kier molecular flexibility index (Phi) is 4.23. The molecule has 0 spiro atoms. The second-order valence-electron chi connectivity index (χ2n) is 3.42. The summed E-state index contributed by atoms with van der Waals surface area (Å²) in [5, 5.41) is 0. The van der Waals surface area contributed by atoms with Crippen LogP contribution in [0.5, 0.6) is 0 Å². The lowest BCUT2D eigenvalue weighted by Gasteiger charge is -2.18. The summed E-state index contributed by atoms with van der Waals surface area (Å²) in [7, 11) is 0. The van der Waals surface area contributed by atoms with Crippen molar-refractivity contribution in [3.05, 3.63) is 41.7 Å². The minimum absolute atomic E-state index is 0.139. The van der Waals surface area contributed by atoms with E-state index in [1.165, 1.54) is 12.1 Å². The van der Waals surface area contributed by atoms with Gasteiger partial charge in [0.25, 0.3) is 5.91 Å². The number of halogens is 1. The van der Waals surface area contributed by atoms with E-state index in [9.17, 15) is 9.18 Å². The van der Waals surface area contributed by atoms with Crippen LogP contribution in [0.1, 0.15) is 29.8 Å². The smallest absolute Gasteiger partial charge is 0.253 e. The molecule has 0 aromatic heterocycles. The van der Waals surface area contributed by atoms with Crippen LogP contribution >= 0.6 is 0 Å². The van der Waals surface area contributed by atoms with E-state index in [4.69, 9.17) is 0 Å². The summed E-state index contributed by atoms with van der Waals surface area (Å²) in [6, 6.07) is 4.46. The number of nitrogens with zero attached hydrogens (tertiary/aromatic N) is 1. The molecule has 0 atom stereocenters. The fourth-order valence-electron chi connectivity index (χ4n) is 1.52. The number of benzene rings is 1.